The first-order valence-electron chi connectivity index (χ1n) is 5.14. The number of hydrogen-bond acceptors (Lipinski definition) is 2. The largest absolute Gasteiger partial charge is 0.439 e. The van der Waals surface area contributed by atoms with Crippen LogP contribution in [0.25, 0.3) is 0 Å². The van der Waals surface area contributed by atoms with Crippen molar-refractivity contribution < 1.29 is 9.13 Å². The van der Waals surface area contributed by atoms with Gasteiger partial charge in [-0.2, -0.15) is 0 Å². The summed E-state index contributed by atoms with van der Waals surface area (Å²) in [6, 6.07) is 7.93. The molecule has 17 heavy (non-hydrogen) atoms. The summed E-state index contributed by atoms with van der Waals surface area (Å²) in [7, 11) is 0. The number of pyridine rings is 1. The number of halogens is 2. The van der Waals surface area contributed by atoms with E-state index in [1.807, 2.05) is 6.07 Å². The summed E-state index contributed by atoms with van der Waals surface area (Å²) >= 11 is 5.72. The van der Waals surface area contributed by atoms with Gasteiger partial charge in [0.1, 0.15) is 11.6 Å². The molecule has 1 aromatic heterocycles. The van der Waals surface area contributed by atoms with Gasteiger partial charge in [-0.1, -0.05) is 0 Å². The van der Waals surface area contributed by atoms with Crippen molar-refractivity contribution in [2.75, 3.05) is 0 Å². The highest BCUT2D eigenvalue weighted by Gasteiger charge is 2.04. The molecule has 1 heterocycles. The Bertz CT molecular complexity index is 531. The maximum atomic E-state index is 12.9. The van der Waals surface area contributed by atoms with Crippen molar-refractivity contribution in [2.45, 2.75) is 12.8 Å². The van der Waals surface area contributed by atoms with E-state index in [1.54, 1.807) is 25.3 Å². The molecule has 88 valence electrons. The van der Waals surface area contributed by atoms with Crippen molar-refractivity contribution in [3.63, 3.8) is 0 Å². The molecule has 0 unspecified atom stereocenters. The number of hydrogen-bond donors (Lipinski definition) is 0. The maximum absolute atomic E-state index is 12.9. The van der Waals surface area contributed by atoms with Gasteiger partial charge in [-0.05, 0) is 42.3 Å². The van der Waals surface area contributed by atoms with Gasteiger partial charge in [-0.25, -0.2) is 9.37 Å². The van der Waals surface area contributed by atoms with Gasteiger partial charge in [0.2, 0.25) is 5.88 Å². The van der Waals surface area contributed by atoms with E-state index in [9.17, 15) is 4.39 Å². The van der Waals surface area contributed by atoms with E-state index in [0.29, 0.717) is 17.5 Å². The monoisotopic (exact) mass is 251 g/mol. The molecular formula is C13H11ClFNO. The molecule has 0 aliphatic heterocycles. The highest BCUT2D eigenvalue weighted by molar-refractivity contribution is 6.17. The van der Waals surface area contributed by atoms with Gasteiger partial charge in [0.05, 0.1) is 0 Å². The molecule has 0 saturated heterocycles. The summed E-state index contributed by atoms with van der Waals surface area (Å²) < 4.78 is 18.5. The third-order valence-electron chi connectivity index (χ3n) is 2.31. The Morgan fingerprint density at radius 2 is 2.12 bits per heavy atom. The standard InChI is InChI=1S/C13H11ClFNO/c1-9-6-11(15)2-3-12(9)17-13-7-10(8-14)4-5-16-13/h2-7H,8H2,1H3. The highest BCUT2D eigenvalue weighted by atomic mass is 35.5. The lowest BCUT2D eigenvalue weighted by Gasteiger charge is -2.08. The molecule has 0 atom stereocenters. The minimum absolute atomic E-state index is 0.280. The Morgan fingerprint density at radius 3 is 2.82 bits per heavy atom. The van der Waals surface area contributed by atoms with E-state index in [0.717, 1.165) is 11.1 Å². The Hall–Kier alpha value is -1.61. The van der Waals surface area contributed by atoms with E-state index in [4.69, 9.17) is 16.3 Å². The quantitative estimate of drug-likeness (QED) is 0.768. The second-order valence-electron chi connectivity index (χ2n) is 3.65. The Labute approximate surface area is 104 Å². The van der Waals surface area contributed by atoms with Crippen LogP contribution < -0.4 is 4.74 Å². The number of nitrogens with zero attached hydrogens (tertiary/aromatic N) is 1. The summed E-state index contributed by atoms with van der Waals surface area (Å²) in [5.74, 6) is 1.17. The van der Waals surface area contributed by atoms with Crippen molar-refractivity contribution in [1.82, 2.24) is 4.98 Å². The van der Waals surface area contributed by atoms with E-state index in [2.05, 4.69) is 4.98 Å². The topological polar surface area (TPSA) is 22.1 Å². The molecule has 0 aliphatic carbocycles. The molecular weight excluding hydrogens is 241 g/mol. The van der Waals surface area contributed by atoms with Gasteiger partial charge in [0.25, 0.3) is 0 Å². The average molecular weight is 252 g/mol. The third kappa shape index (κ3) is 2.94. The van der Waals surface area contributed by atoms with Crippen LogP contribution in [0.2, 0.25) is 0 Å². The van der Waals surface area contributed by atoms with Gasteiger partial charge in [0.15, 0.2) is 0 Å². The fourth-order valence-electron chi connectivity index (χ4n) is 1.43. The molecule has 0 N–H and O–H groups in total. The zero-order chi connectivity index (χ0) is 12.3. The number of rotatable bonds is 3. The van der Waals surface area contributed by atoms with E-state index < -0.39 is 0 Å². The Balaban J connectivity index is 2.25. The van der Waals surface area contributed by atoms with Crippen LogP contribution in [-0.2, 0) is 5.88 Å². The van der Waals surface area contributed by atoms with Crippen molar-refractivity contribution in [1.29, 1.82) is 0 Å². The predicted octanol–water partition coefficient (Wildman–Crippen LogP) is 4.06. The van der Waals surface area contributed by atoms with Crippen molar-refractivity contribution >= 4 is 11.6 Å². The first kappa shape index (κ1) is 11.9. The number of aromatic nitrogens is 1. The highest BCUT2D eigenvalue weighted by Crippen LogP contribution is 2.24. The van der Waals surface area contributed by atoms with Crippen LogP contribution in [0.3, 0.4) is 0 Å². The predicted molar refractivity (Wildman–Crippen MR) is 65.0 cm³/mol. The van der Waals surface area contributed by atoms with Crippen LogP contribution in [-0.4, -0.2) is 4.98 Å². The molecule has 4 heteroatoms. The summed E-state index contributed by atoms with van der Waals surface area (Å²) in [6.07, 6.45) is 1.63. The van der Waals surface area contributed by atoms with Crippen molar-refractivity contribution in [3.05, 3.63) is 53.5 Å². The van der Waals surface area contributed by atoms with Gasteiger partial charge in [-0.15, -0.1) is 11.6 Å². The summed E-state index contributed by atoms with van der Waals surface area (Å²) in [5.41, 5.74) is 1.65. The lowest BCUT2D eigenvalue weighted by Crippen LogP contribution is -1.92. The normalized spacial score (nSPS) is 10.3. The first-order valence-corrected chi connectivity index (χ1v) is 5.67. The molecule has 0 bridgehead atoms. The lowest BCUT2D eigenvalue weighted by atomic mass is 10.2. The van der Waals surface area contributed by atoms with Crippen LogP contribution in [0, 0.1) is 12.7 Å². The average Bonchev–Trinajstić information content (AvgIpc) is 2.33. The van der Waals surface area contributed by atoms with Crippen LogP contribution >= 0.6 is 11.6 Å². The molecule has 0 amide bonds. The molecule has 0 spiro atoms. The van der Waals surface area contributed by atoms with Crippen LogP contribution in [0.4, 0.5) is 4.39 Å². The molecule has 0 aliphatic rings. The van der Waals surface area contributed by atoms with Crippen molar-refractivity contribution in [2.24, 2.45) is 0 Å². The number of benzene rings is 1. The first-order chi connectivity index (χ1) is 8.19. The Morgan fingerprint density at radius 1 is 1.29 bits per heavy atom. The molecule has 2 aromatic rings. The van der Waals surface area contributed by atoms with Crippen LogP contribution in [0.15, 0.2) is 36.5 Å². The van der Waals surface area contributed by atoms with Gasteiger partial charge in [0, 0.05) is 18.1 Å². The van der Waals surface area contributed by atoms with Gasteiger partial charge in [-0.3, -0.25) is 0 Å². The van der Waals surface area contributed by atoms with E-state index in [1.165, 1.54) is 12.1 Å². The van der Waals surface area contributed by atoms with Gasteiger partial charge < -0.3 is 4.74 Å². The third-order valence-corrected chi connectivity index (χ3v) is 2.61. The molecule has 1 aromatic carbocycles. The Kier molecular flexibility index (Phi) is 3.59. The van der Waals surface area contributed by atoms with Crippen molar-refractivity contribution in [3.8, 4) is 11.6 Å². The van der Waals surface area contributed by atoms with Crippen LogP contribution in [0.1, 0.15) is 11.1 Å². The number of ether oxygens (including phenoxy) is 1. The van der Waals surface area contributed by atoms with Gasteiger partial charge >= 0.3 is 0 Å². The molecule has 0 fully saturated rings. The fourth-order valence-corrected chi connectivity index (χ4v) is 1.60. The lowest BCUT2D eigenvalue weighted by molar-refractivity contribution is 0.457. The molecule has 0 radical (unpaired) electrons. The van der Waals surface area contributed by atoms with Crippen LogP contribution in [0.5, 0.6) is 11.6 Å². The zero-order valence-electron chi connectivity index (χ0n) is 9.28. The SMILES string of the molecule is Cc1cc(F)ccc1Oc1cc(CCl)ccn1. The molecule has 0 saturated carbocycles. The molecule has 2 rings (SSSR count). The minimum Gasteiger partial charge on any atom is -0.439 e. The number of alkyl halides is 1. The second kappa shape index (κ2) is 5.15. The maximum Gasteiger partial charge on any atom is 0.219 e. The second-order valence-corrected chi connectivity index (χ2v) is 3.92. The minimum atomic E-state index is -0.280. The summed E-state index contributed by atoms with van der Waals surface area (Å²) in [6.45, 7) is 1.78. The number of aryl methyl sites for hydroxylation is 1. The summed E-state index contributed by atoms with van der Waals surface area (Å²) in [5, 5.41) is 0. The van der Waals surface area contributed by atoms with E-state index in [-0.39, 0.29) is 5.82 Å². The summed E-state index contributed by atoms with van der Waals surface area (Å²) in [4.78, 5) is 4.07. The fraction of sp³-hybridized carbons (Fsp3) is 0.154. The zero-order valence-corrected chi connectivity index (χ0v) is 10.0. The smallest absolute Gasteiger partial charge is 0.219 e. The van der Waals surface area contributed by atoms with E-state index >= 15 is 0 Å². The molecule has 2 nitrogen and oxygen atoms in total.